The van der Waals surface area contributed by atoms with Gasteiger partial charge in [-0.2, -0.15) is 0 Å². The van der Waals surface area contributed by atoms with Crippen LogP contribution in [0.25, 0.3) is 5.65 Å². The van der Waals surface area contributed by atoms with Crippen molar-refractivity contribution in [1.82, 2.24) is 14.7 Å². The molecule has 0 radical (unpaired) electrons. The van der Waals surface area contributed by atoms with Gasteiger partial charge in [0.15, 0.2) is 5.78 Å². The number of rotatable bonds is 10. The predicted octanol–water partition coefficient (Wildman–Crippen LogP) is 4.62. The van der Waals surface area contributed by atoms with Gasteiger partial charge in [0.05, 0.1) is 0 Å². The van der Waals surface area contributed by atoms with Crippen LogP contribution in [0.1, 0.15) is 93.1 Å². The molecule has 3 fully saturated rings. The quantitative estimate of drug-likeness (QED) is 0.530. The lowest BCUT2D eigenvalue weighted by Gasteiger charge is -2.60. The van der Waals surface area contributed by atoms with E-state index in [1.165, 1.54) is 19.3 Å². The highest BCUT2D eigenvalue weighted by atomic mass is 16.2. The fraction of sp³-hybridized carbons (Fsp3) is 0.654. The zero-order valence-corrected chi connectivity index (χ0v) is 19.8. The van der Waals surface area contributed by atoms with Crippen LogP contribution in [0, 0.1) is 23.2 Å². The molecule has 174 valence electrons. The van der Waals surface area contributed by atoms with Crippen molar-refractivity contribution in [3.63, 3.8) is 0 Å². The molecular formula is C26H38N4O2. The highest BCUT2D eigenvalue weighted by molar-refractivity contribution is 5.96. The second-order valence-electron chi connectivity index (χ2n) is 10.5. The lowest BCUT2D eigenvalue weighted by atomic mass is 9.45. The van der Waals surface area contributed by atoms with Crippen LogP contribution in [0.5, 0.6) is 0 Å². The Morgan fingerprint density at radius 2 is 2.09 bits per heavy atom. The van der Waals surface area contributed by atoms with Gasteiger partial charge in [-0.3, -0.25) is 14.0 Å². The fourth-order valence-electron chi connectivity index (χ4n) is 6.02. The number of pyridine rings is 1. The van der Waals surface area contributed by atoms with E-state index < -0.39 is 0 Å². The van der Waals surface area contributed by atoms with Crippen molar-refractivity contribution >= 4 is 17.3 Å². The molecule has 2 heterocycles. The molecule has 4 atom stereocenters. The van der Waals surface area contributed by atoms with Gasteiger partial charge in [-0.25, -0.2) is 4.98 Å². The number of aromatic nitrogens is 2. The molecule has 3 N–H and O–H groups in total. The van der Waals surface area contributed by atoms with Gasteiger partial charge < -0.3 is 11.1 Å². The van der Waals surface area contributed by atoms with Crippen LogP contribution >= 0.6 is 0 Å². The summed E-state index contributed by atoms with van der Waals surface area (Å²) >= 11 is 0. The summed E-state index contributed by atoms with van der Waals surface area (Å²) in [4.78, 5) is 30.1. The van der Waals surface area contributed by atoms with Crippen LogP contribution in [-0.4, -0.2) is 33.7 Å². The van der Waals surface area contributed by atoms with Gasteiger partial charge in [0.2, 0.25) is 0 Å². The van der Waals surface area contributed by atoms with Crippen LogP contribution < -0.4 is 11.1 Å². The first-order valence-electron chi connectivity index (χ1n) is 12.4. The van der Waals surface area contributed by atoms with E-state index in [0.29, 0.717) is 47.3 Å². The minimum atomic E-state index is -0.100. The molecular weight excluding hydrogens is 400 g/mol. The zero-order valence-electron chi connectivity index (χ0n) is 19.8. The van der Waals surface area contributed by atoms with Gasteiger partial charge >= 0.3 is 0 Å². The smallest absolute Gasteiger partial charge is 0.268 e. The molecule has 6 heteroatoms. The number of nitrogens with zero attached hydrogens (tertiary/aromatic N) is 2. The highest BCUT2D eigenvalue weighted by Gasteiger charge is 2.53. The van der Waals surface area contributed by atoms with E-state index in [-0.39, 0.29) is 17.7 Å². The molecule has 1 amide bonds. The SMILES string of the molecule is CCCC(N)CCCC(=O)c1cn2c(C(=O)NC[C@@H]3CC[C@H]4C[C@H]3C4(C)C)cccc2n1. The largest absolute Gasteiger partial charge is 0.350 e. The summed E-state index contributed by atoms with van der Waals surface area (Å²) in [7, 11) is 0. The number of hydrogen-bond acceptors (Lipinski definition) is 4. The second kappa shape index (κ2) is 9.34. The van der Waals surface area contributed by atoms with Crippen LogP contribution in [0.15, 0.2) is 24.4 Å². The van der Waals surface area contributed by atoms with E-state index in [0.717, 1.165) is 31.6 Å². The molecule has 2 bridgehead atoms. The minimum absolute atomic E-state index is 0.00716. The first-order valence-corrected chi connectivity index (χ1v) is 12.4. The highest BCUT2D eigenvalue weighted by Crippen LogP contribution is 2.61. The minimum Gasteiger partial charge on any atom is -0.350 e. The summed E-state index contributed by atoms with van der Waals surface area (Å²) in [5, 5.41) is 3.16. The third-order valence-electron chi connectivity index (χ3n) is 8.17. The van der Waals surface area contributed by atoms with Gasteiger partial charge in [0.25, 0.3) is 5.91 Å². The number of ketones is 1. The molecule has 2 aromatic rings. The Balaban J connectivity index is 1.38. The van der Waals surface area contributed by atoms with Crippen LogP contribution in [-0.2, 0) is 0 Å². The molecule has 3 aliphatic carbocycles. The van der Waals surface area contributed by atoms with Crippen molar-refractivity contribution < 1.29 is 9.59 Å². The first-order chi connectivity index (χ1) is 15.3. The van der Waals surface area contributed by atoms with Crippen LogP contribution in [0.2, 0.25) is 0 Å². The topological polar surface area (TPSA) is 89.5 Å². The molecule has 6 nitrogen and oxygen atoms in total. The number of carbonyl (C=O) groups excluding carboxylic acids is 2. The summed E-state index contributed by atoms with van der Waals surface area (Å²) in [5.41, 5.74) is 8.04. The summed E-state index contributed by atoms with van der Waals surface area (Å²) in [5.74, 6) is 2.03. The second-order valence-corrected chi connectivity index (χ2v) is 10.5. The lowest BCUT2D eigenvalue weighted by molar-refractivity contribution is -0.103. The number of imidazole rings is 1. The molecule has 5 rings (SSSR count). The van der Waals surface area contributed by atoms with Gasteiger partial charge in [-0.1, -0.05) is 33.3 Å². The summed E-state index contributed by atoms with van der Waals surface area (Å²) in [6.07, 6.45) is 9.58. The number of nitrogens with two attached hydrogens (primary N) is 1. The maximum Gasteiger partial charge on any atom is 0.268 e. The zero-order chi connectivity index (χ0) is 22.9. The van der Waals surface area contributed by atoms with E-state index in [4.69, 9.17) is 5.73 Å². The normalized spacial score (nSPS) is 24.7. The fourth-order valence-corrected chi connectivity index (χ4v) is 6.02. The molecule has 0 spiro atoms. The Bertz CT molecular complexity index is 977. The predicted molar refractivity (Wildman–Crippen MR) is 127 cm³/mol. The Hall–Kier alpha value is -2.21. The summed E-state index contributed by atoms with van der Waals surface area (Å²) in [6, 6.07) is 5.62. The number of amides is 1. The Morgan fingerprint density at radius 3 is 2.81 bits per heavy atom. The maximum atomic E-state index is 13.0. The molecule has 3 saturated carbocycles. The average Bonchev–Trinajstić information content (AvgIpc) is 3.22. The van der Waals surface area contributed by atoms with Crippen molar-refractivity contribution in [2.45, 2.75) is 78.2 Å². The van der Waals surface area contributed by atoms with E-state index in [1.54, 1.807) is 16.7 Å². The van der Waals surface area contributed by atoms with E-state index >= 15 is 0 Å². The van der Waals surface area contributed by atoms with Crippen molar-refractivity contribution in [3.8, 4) is 0 Å². The standard InChI is InChI=1S/C26H38N4O2/c1-4-7-19(27)8-5-10-23(31)21-16-30-22(9-6-11-24(30)29-21)25(32)28-15-17-12-13-18-14-20(17)26(18,2)3/h6,9,11,16-20H,4-5,7-8,10,12-15,27H2,1-3H3,(H,28,32)/t17-,18-,19?,20+/m0/s1. The molecule has 3 aliphatic rings. The summed E-state index contributed by atoms with van der Waals surface area (Å²) in [6.45, 7) is 7.59. The van der Waals surface area contributed by atoms with Gasteiger partial charge in [-0.15, -0.1) is 0 Å². The first kappa shape index (κ1) is 23.0. The number of carbonyl (C=O) groups is 2. The number of hydrogen-bond donors (Lipinski definition) is 2. The molecule has 0 aliphatic heterocycles. The molecule has 0 saturated heterocycles. The molecule has 32 heavy (non-hydrogen) atoms. The molecule has 1 unspecified atom stereocenters. The van der Waals surface area contributed by atoms with E-state index in [1.807, 2.05) is 12.1 Å². The lowest BCUT2D eigenvalue weighted by Crippen LogP contribution is -2.54. The Kier molecular flexibility index (Phi) is 6.70. The van der Waals surface area contributed by atoms with Crippen molar-refractivity contribution in [2.75, 3.05) is 6.54 Å². The van der Waals surface area contributed by atoms with E-state index in [2.05, 4.69) is 31.1 Å². The third kappa shape index (κ3) is 4.47. The van der Waals surface area contributed by atoms with E-state index in [9.17, 15) is 9.59 Å². The number of nitrogens with one attached hydrogen (secondary N) is 1. The Labute approximate surface area is 191 Å². The van der Waals surface area contributed by atoms with Crippen molar-refractivity contribution in [3.05, 3.63) is 35.8 Å². The monoisotopic (exact) mass is 438 g/mol. The Morgan fingerprint density at radius 1 is 1.28 bits per heavy atom. The van der Waals surface area contributed by atoms with Crippen molar-refractivity contribution in [2.24, 2.45) is 28.9 Å². The average molecular weight is 439 g/mol. The third-order valence-corrected chi connectivity index (χ3v) is 8.17. The molecule has 0 aromatic carbocycles. The van der Waals surface area contributed by atoms with Crippen LogP contribution in [0.3, 0.4) is 0 Å². The van der Waals surface area contributed by atoms with Gasteiger partial charge in [-0.05, 0) is 73.8 Å². The van der Waals surface area contributed by atoms with Gasteiger partial charge in [0.1, 0.15) is 17.0 Å². The van der Waals surface area contributed by atoms with Crippen LogP contribution in [0.4, 0.5) is 0 Å². The summed E-state index contributed by atoms with van der Waals surface area (Å²) < 4.78 is 1.75. The maximum absolute atomic E-state index is 13.0. The molecule has 2 aromatic heterocycles. The van der Waals surface area contributed by atoms with Gasteiger partial charge in [0, 0.05) is 25.2 Å². The number of fused-ring (bicyclic) bond motifs is 3. The van der Waals surface area contributed by atoms with Crippen molar-refractivity contribution in [1.29, 1.82) is 0 Å². The number of Topliss-reactive ketones (excluding diaryl/α,β-unsaturated/α-hetero) is 1.